The van der Waals surface area contributed by atoms with Crippen molar-refractivity contribution >= 4 is 34.8 Å². The second-order valence-electron chi connectivity index (χ2n) is 4.53. The van der Waals surface area contributed by atoms with E-state index >= 15 is 0 Å². The number of benzene rings is 1. The van der Waals surface area contributed by atoms with Crippen molar-refractivity contribution in [1.29, 1.82) is 0 Å². The van der Waals surface area contributed by atoms with Crippen LogP contribution in [-0.4, -0.2) is 47.8 Å². The Morgan fingerprint density at radius 2 is 2.29 bits per heavy atom. The van der Waals surface area contributed by atoms with Gasteiger partial charge < -0.3 is 10.6 Å². The van der Waals surface area contributed by atoms with Crippen molar-refractivity contribution < 1.29 is 14.5 Å². The molecule has 21 heavy (non-hydrogen) atoms. The van der Waals surface area contributed by atoms with E-state index < -0.39 is 4.92 Å². The number of hydrogen-bond acceptors (Lipinski definition) is 5. The number of anilines is 1. The van der Waals surface area contributed by atoms with Crippen molar-refractivity contribution in [2.45, 2.75) is 0 Å². The van der Waals surface area contributed by atoms with Gasteiger partial charge in [-0.1, -0.05) is 11.6 Å². The number of carbonyl (C=O) groups is 2. The van der Waals surface area contributed by atoms with Crippen molar-refractivity contribution in [3.8, 4) is 0 Å². The predicted octanol–water partition coefficient (Wildman–Crippen LogP) is 0.618. The Bertz CT molecular complexity index is 593. The average molecular weight is 313 g/mol. The summed E-state index contributed by atoms with van der Waals surface area (Å²) in [5, 5.41) is 15.9. The van der Waals surface area contributed by atoms with E-state index in [0.717, 1.165) is 0 Å². The monoisotopic (exact) mass is 312 g/mol. The molecule has 0 atom stereocenters. The molecule has 8 nitrogen and oxygen atoms in total. The van der Waals surface area contributed by atoms with Gasteiger partial charge in [0.15, 0.2) is 0 Å². The lowest BCUT2D eigenvalue weighted by Crippen LogP contribution is -2.49. The largest absolute Gasteiger partial charge is 0.354 e. The summed E-state index contributed by atoms with van der Waals surface area (Å²) in [6.45, 7) is 1.32. The van der Waals surface area contributed by atoms with Crippen molar-refractivity contribution in [3.63, 3.8) is 0 Å². The van der Waals surface area contributed by atoms with Crippen LogP contribution in [0, 0.1) is 10.1 Å². The van der Waals surface area contributed by atoms with Gasteiger partial charge in [0.2, 0.25) is 11.8 Å². The zero-order chi connectivity index (χ0) is 15.4. The van der Waals surface area contributed by atoms with Gasteiger partial charge in [-0.05, 0) is 6.07 Å². The number of rotatable bonds is 4. The first-order valence-corrected chi connectivity index (χ1v) is 6.56. The Morgan fingerprint density at radius 3 is 2.90 bits per heavy atom. The molecule has 1 fully saturated rings. The number of piperazine rings is 1. The zero-order valence-corrected chi connectivity index (χ0v) is 11.7. The van der Waals surface area contributed by atoms with Crippen LogP contribution in [-0.2, 0) is 9.59 Å². The van der Waals surface area contributed by atoms with Crippen molar-refractivity contribution in [3.05, 3.63) is 33.3 Å². The molecule has 1 heterocycles. The van der Waals surface area contributed by atoms with Gasteiger partial charge in [0, 0.05) is 25.2 Å². The summed E-state index contributed by atoms with van der Waals surface area (Å²) in [6, 6.07) is 3.81. The molecule has 1 aliphatic heterocycles. The highest BCUT2D eigenvalue weighted by Gasteiger charge is 2.19. The minimum absolute atomic E-state index is 0.0563. The highest BCUT2D eigenvalue weighted by Crippen LogP contribution is 2.26. The standard InChI is InChI=1S/C12H13ClN4O4/c13-9-5-8(17(20)21)1-2-10(9)15-12(19)7-16-4-3-14-11(18)6-16/h1-2,5H,3-4,6-7H2,(H,14,18)(H,15,19). The Kier molecular flexibility index (Phi) is 4.71. The zero-order valence-electron chi connectivity index (χ0n) is 11.0. The minimum Gasteiger partial charge on any atom is -0.354 e. The maximum Gasteiger partial charge on any atom is 0.271 e. The van der Waals surface area contributed by atoms with Crippen molar-refractivity contribution in [1.82, 2.24) is 10.2 Å². The molecule has 1 aliphatic rings. The molecule has 1 aromatic rings. The lowest BCUT2D eigenvalue weighted by molar-refractivity contribution is -0.384. The fourth-order valence-corrected chi connectivity index (χ4v) is 2.16. The first kappa shape index (κ1) is 15.2. The third kappa shape index (κ3) is 4.14. The normalized spacial score (nSPS) is 15.4. The summed E-state index contributed by atoms with van der Waals surface area (Å²) in [5.41, 5.74) is 0.152. The first-order valence-electron chi connectivity index (χ1n) is 6.18. The Labute approximate surface area is 125 Å². The lowest BCUT2D eigenvalue weighted by atomic mass is 10.2. The minimum atomic E-state index is -0.566. The average Bonchev–Trinajstić information content (AvgIpc) is 2.40. The van der Waals surface area contributed by atoms with Crippen LogP contribution in [0.3, 0.4) is 0 Å². The number of nitro groups is 1. The Morgan fingerprint density at radius 1 is 1.52 bits per heavy atom. The molecule has 2 amide bonds. The predicted molar refractivity (Wildman–Crippen MR) is 76.2 cm³/mol. The van der Waals surface area contributed by atoms with Gasteiger partial charge in [0.05, 0.1) is 28.7 Å². The summed E-state index contributed by atoms with van der Waals surface area (Å²) < 4.78 is 0. The van der Waals surface area contributed by atoms with Crippen molar-refractivity contribution in [2.75, 3.05) is 31.5 Å². The van der Waals surface area contributed by atoms with Crippen LogP contribution in [0.15, 0.2) is 18.2 Å². The fourth-order valence-electron chi connectivity index (χ4n) is 1.94. The molecule has 1 saturated heterocycles. The van der Waals surface area contributed by atoms with Gasteiger partial charge in [-0.15, -0.1) is 0 Å². The number of non-ortho nitro benzene ring substituents is 1. The van der Waals surface area contributed by atoms with Crippen LogP contribution in [0.2, 0.25) is 5.02 Å². The van der Waals surface area contributed by atoms with E-state index in [1.54, 1.807) is 4.90 Å². The lowest BCUT2D eigenvalue weighted by Gasteiger charge is -2.25. The van der Waals surface area contributed by atoms with Gasteiger partial charge >= 0.3 is 0 Å². The topological polar surface area (TPSA) is 105 Å². The molecule has 112 valence electrons. The van der Waals surface area contributed by atoms with Crippen LogP contribution >= 0.6 is 11.6 Å². The third-order valence-electron chi connectivity index (χ3n) is 2.92. The number of halogens is 1. The molecule has 0 aromatic heterocycles. The van der Waals surface area contributed by atoms with Crippen LogP contribution in [0.25, 0.3) is 0 Å². The second-order valence-corrected chi connectivity index (χ2v) is 4.94. The van der Waals surface area contributed by atoms with Crippen LogP contribution in [0.5, 0.6) is 0 Å². The number of amides is 2. The SMILES string of the molecule is O=C1CN(CC(=O)Nc2ccc([N+](=O)[O-])cc2Cl)CCN1. The highest BCUT2D eigenvalue weighted by atomic mass is 35.5. The molecule has 1 aromatic carbocycles. The Hall–Kier alpha value is -2.19. The van der Waals surface area contributed by atoms with Gasteiger partial charge in [0.25, 0.3) is 5.69 Å². The van der Waals surface area contributed by atoms with Crippen LogP contribution in [0.1, 0.15) is 0 Å². The molecule has 0 spiro atoms. The first-order chi connectivity index (χ1) is 9.95. The van der Waals surface area contributed by atoms with E-state index in [0.29, 0.717) is 18.8 Å². The van der Waals surface area contributed by atoms with Gasteiger partial charge in [-0.2, -0.15) is 0 Å². The molecular weight excluding hydrogens is 300 g/mol. The summed E-state index contributed by atoms with van der Waals surface area (Å²) in [5.74, 6) is -0.456. The van der Waals surface area contributed by atoms with E-state index in [9.17, 15) is 19.7 Å². The fraction of sp³-hybridized carbons (Fsp3) is 0.333. The molecule has 0 radical (unpaired) electrons. The molecule has 2 N–H and O–H groups in total. The molecule has 0 bridgehead atoms. The molecule has 2 rings (SSSR count). The van der Waals surface area contributed by atoms with Crippen molar-refractivity contribution in [2.24, 2.45) is 0 Å². The maximum atomic E-state index is 11.9. The number of carbonyl (C=O) groups excluding carboxylic acids is 2. The highest BCUT2D eigenvalue weighted by molar-refractivity contribution is 6.34. The summed E-state index contributed by atoms with van der Waals surface area (Å²) >= 11 is 5.89. The van der Waals surface area contributed by atoms with E-state index in [1.807, 2.05) is 0 Å². The molecule has 0 aliphatic carbocycles. The smallest absolute Gasteiger partial charge is 0.271 e. The summed E-state index contributed by atoms with van der Waals surface area (Å²) in [4.78, 5) is 34.8. The molecular formula is C12H13ClN4O4. The third-order valence-corrected chi connectivity index (χ3v) is 3.23. The number of nitrogens with zero attached hydrogens (tertiary/aromatic N) is 2. The van der Waals surface area contributed by atoms with Crippen LogP contribution in [0.4, 0.5) is 11.4 Å². The Balaban J connectivity index is 1.96. The quantitative estimate of drug-likeness (QED) is 0.626. The van der Waals surface area contributed by atoms with E-state index in [4.69, 9.17) is 11.6 Å². The van der Waals surface area contributed by atoms with Gasteiger partial charge in [-0.3, -0.25) is 24.6 Å². The maximum absolute atomic E-state index is 11.9. The number of hydrogen-bond donors (Lipinski definition) is 2. The molecule has 0 unspecified atom stereocenters. The van der Waals surface area contributed by atoms with Gasteiger partial charge in [-0.25, -0.2) is 0 Å². The summed E-state index contributed by atoms with van der Waals surface area (Å²) in [6.07, 6.45) is 0. The van der Waals surface area contributed by atoms with Crippen LogP contribution < -0.4 is 10.6 Å². The van der Waals surface area contributed by atoms with Gasteiger partial charge in [0.1, 0.15) is 0 Å². The summed E-state index contributed by atoms with van der Waals surface area (Å²) in [7, 11) is 0. The number of nitro benzene ring substituents is 1. The van der Waals surface area contributed by atoms with E-state index in [1.165, 1.54) is 18.2 Å². The van der Waals surface area contributed by atoms with E-state index in [-0.39, 0.29) is 35.6 Å². The molecule has 0 saturated carbocycles. The molecule has 9 heteroatoms. The second kappa shape index (κ2) is 6.51. The number of nitrogens with one attached hydrogen (secondary N) is 2. The van der Waals surface area contributed by atoms with E-state index in [2.05, 4.69) is 10.6 Å².